The molecule has 0 radical (unpaired) electrons. The molecule has 3 aromatic rings. The van der Waals surface area contributed by atoms with Gasteiger partial charge in [0.15, 0.2) is 11.2 Å². The molecule has 142 valence electrons. The fourth-order valence-electron chi connectivity index (χ4n) is 3.90. The van der Waals surface area contributed by atoms with Gasteiger partial charge in [0.1, 0.15) is 0 Å². The van der Waals surface area contributed by atoms with E-state index in [0.29, 0.717) is 17.7 Å². The summed E-state index contributed by atoms with van der Waals surface area (Å²) in [6.45, 7) is 4.79. The van der Waals surface area contributed by atoms with Crippen LogP contribution in [0.15, 0.2) is 39.9 Å². The lowest BCUT2D eigenvalue weighted by molar-refractivity contribution is 0.558. The van der Waals surface area contributed by atoms with Crippen molar-refractivity contribution in [2.45, 2.75) is 39.3 Å². The van der Waals surface area contributed by atoms with E-state index in [0.717, 1.165) is 37.4 Å². The van der Waals surface area contributed by atoms with E-state index in [2.05, 4.69) is 4.90 Å². The zero-order valence-corrected chi connectivity index (χ0v) is 15.9. The number of piperidine rings is 1. The molecule has 1 aliphatic rings. The maximum absolute atomic E-state index is 13.3. The zero-order valence-electron chi connectivity index (χ0n) is 15.9. The Morgan fingerprint density at radius 1 is 1.00 bits per heavy atom. The predicted octanol–water partition coefficient (Wildman–Crippen LogP) is 1.96. The van der Waals surface area contributed by atoms with E-state index in [1.165, 1.54) is 15.6 Å². The highest BCUT2D eigenvalue weighted by atomic mass is 16.2. The average Bonchev–Trinajstić information content (AvgIpc) is 3.11. The van der Waals surface area contributed by atoms with Crippen LogP contribution in [0.2, 0.25) is 0 Å². The molecule has 1 aliphatic heterocycles. The van der Waals surface area contributed by atoms with Gasteiger partial charge in [0.2, 0.25) is 5.95 Å². The second kappa shape index (κ2) is 7.06. The lowest BCUT2D eigenvalue weighted by Crippen LogP contribution is -2.40. The van der Waals surface area contributed by atoms with Crippen molar-refractivity contribution >= 4 is 17.1 Å². The average molecular weight is 367 g/mol. The fourth-order valence-corrected chi connectivity index (χ4v) is 3.90. The third-order valence-electron chi connectivity index (χ3n) is 5.35. The van der Waals surface area contributed by atoms with Crippen molar-refractivity contribution in [1.29, 1.82) is 0 Å². The van der Waals surface area contributed by atoms with E-state index in [-0.39, 0.29) is 17.8 Å². The fraction of sp³-hybridized carbons (Fsp3) is 0.450. The summed E-state index contributed by atoms with van der Waals surface area (Å²) in [6.07, 6.45) is 3.49. The molecule has 4 rings (SSSR count). The van der Waals surface area contributed by atoms with E-state index in [9.17, 15) is 9.59 Å². The van der Waals surface area contributed by atoms with E-state index in [1.54, 1.807) is 7.05 Å². The summed E-state index contributed by atoms with van der Waals surface area (Å²) < 4.78 is 4.77. The first-order valence-electron chi connectivity index (χ1n) is 9.60. The van der Waals surface area contributed by atoms with Crippen LogP contribution in [0.4, 0.5) is 5.95 Å². The number of aromatic nitrogens is 4. The normalized spacial score (nSPS) is 14.8. The summed E-state index contributed by atoms with van der Waals surface area (Å²) in [5.41, 5.74) is 1.31. The third kappa shape index (κ3) is 2.97. The van der Waals surface area contributed by atoms with E-state index >= 15 is 0 Å². The molecule has 1 aromatic carbocycles. The van der Waals surface area contributed by atoms with Crippen LogP contribution in [0.25, 0.3) is 11.2 Å². The Labute approximate surface area is 157 Å². The molecule has 7 nitrogen and oxygen atoms in total. The van der Waals surface area contributed by atoms with Gasteiger partial charge in [0.25, 0.3) is 5.56 Å². The van der Waals surface area contributed by atoms with Crippen LogP contribution in [-0.2, 0) is 20.1 Å². The lowest BCUT2D eigenvalue weighted by Gasteiger charge is -2.27. The van der Waals surface area contributed by atoms with Gasteiger partial charge in [-0.25, -0.2) is 4.79 Å². The minimum atomic E-state index is -0.331. The quantitative estimate of drug-likeness (QED) is 0.707. The molecule has 0 atom stereocenters. The number of imidazole rings is 1. The smallest absolute Gasteiger partial charge is 0.332 e. The zero-order chi connectivity index (χ0) is 19.0. The number of benzene rings is 1. The Morgan fingerprint density at radius 3 is 2.37 bits per heavy atom. The number of fused-ring (bicyclic) bond motifs is 1. The van der Waals surface area contributed by atoms with Crippen molar-refractivity contribution in [3.63, 3.8) is 0 Å². The minimum absolute atomic E-state index is 0.260. The van der Waals surface area contributed by atoms with Crippen molar-refractivity contribution in [3.05, 3.63) is 56.7 Å². The molecule has 7 heteroatoms. The number of hydrogen-bond acceptors (Lipinski definition) is 4. The van der Waals surface area contributed by atoms with Gasteiger partial charge in [-0.05, 0) is 31.7 Å². The number of aryl methyl sites for hydroxylation is 2. The van der Waals surface area contributed by atoms with Crippen LogP contribution in [0.5, 0.6) is 0 Å². The summed E-state index contributed by atoms with van der Waals surface area (Å²) in [6, 6.07) is 9.59. The van der Waals surface area contributed by atoms with Gasteiger partial charge in [-0.1, -0.05) is 30.3 Å². The molecular formula is C20H25N5O2. The number of nitrogens with zero attached hydrogens (tertiary/aromatic N) is 5. The van der Waals surface area contributed by atoms with Crippen molar-refractivity contribution in [2.75, 3.05) is 18.0 Å². The van der Waals surface area contributed by atoms with Gasteiger partial charge < -0.3 is 9.47 Å². The number of hydrogen-bond donors (Lipinski definition) is 0. The van der Waals surface area contributed by atoms with Crippen LogP contribution >= 0.6 is 0 Å². The standard InChI is InChI=1S/C20H25N5O2/c1-3-24-16-17(21-19(24)23-12-8-5-9-13-23)22(2)20(27)25(18(16)26)14-15-10-6-4-7-11-15/h4,6-7,10-11H,3,5,8-9,12-14H2,1-2H3. The van der Waals surface area contributed by atoms with Gasteiger partial charge in [-0.2, -0.15) is 4.98 Å². The highest BCUT2D eigenvalue weighted by molar-refractivity contribution is 5.74. The lowest BCUT2D eigenvalue weighted by atomic mass is 10.1. The summed E-state index contributed by atoms with van der Waals surface area (Å²) in [5, 5.41) is 0. The first-order valence-corrected chi connectivity index (χ1v) is 9.60. The summed E-state index contributed by atoms with van der Waals surface area (Å²) in [5.74, 6) is 0.803. The maximum Gasteiger partial charge on any atom is 0.332 e. The topological polar surface area (TPSA) is 65.1 Å². The van der Waals surface area contributed by atoms with Crippen LogP contribution in [-0.4, -0.2) is 31.8 Å². The highest BCUT2D eigenvalue weighted by Crippen LogP contribution is 2.22. The highest BCUT2D eigenvalue weighted by Gasteiger charge is 2.23. The molecule has 1 saturated heterocycles. The first-order chi connectivity index (χ1) is 13.1. The van der Waals surface area contributed by atoms with Gasteiger partial charge in [-0.15, -0.1) is 0 Å². The Hall–Kier alpha value is -2.83. The molecule has 1 fully saturated rings. The maximum atomic E-state index is 13.3. The van der Waals surface area contributed by atoms with Crippen molar-refractivity contribution in [2.24, 2.45) is 7.05 Å². The molecule has 27 heavy (non-hydrogen) atoms. The van der Waals surface area contributed by atoms with Gasteiger partial charge in [0.05, 0.1) is 6.54 Å². The molecule has 0 amide bonds. The molecular weight excluding hydrogens is 342 g/mol. The van der Waals surface area contributed by atoms with Gasteiger partial charge in [-0.3, -0.25) is 13.9 Å². The second-order valence-corrected chi connectivity index (χ2v) is 7.09. The Bertz CT molecular complexity index is 1070. The number of anilines is 1. The Balaban J connectivity index is 1.92. The molecule has 3 heterocycles. The monoisotopic (exact) mass is 367 g/mol. The molecule has 0 saturated carbocycles. The summed E-state index contributed by atoms with van der Waals surface area (Å²) >= 11 is 0. The molecule has 0 bridgehead atoms. The van der Waals surface area contributed by atoms with Crippen LogP contribution in [0.1, 0.15) is 31.7 Å². The Kier molecular flexibility index (Phi) is 4.59. The molecule has 0 aliphatic carbocycles. The second-order valence-electron chi connectivity index (χ2n) is 7.09. The SMILES string of the molecule is CCn1c(N2CCCCC2)nc2c1c(=O)n(Cc1ccccc1)c(=O)n2C. The number of rotatable bonds is 4. The molecule has 0 spiro atoms. The van der Waals surface area contributed by atoms with Crippen LogP contribution in [0.3, 0.4) is 0 Å². The van der Waals surface area contributed by atoms with Crippen molar-refractivity contribution in [1.82, 2.24) is 18.7 Å². The van der Waals surface area contributed by atoms with Crippen LogP contribution in [0, 0.1) is 0 Å². The molecule has 2 aromatic heterocycles. The third-order valence-corrected chi connectivity index (χ3v) is 5.35. The van der Waals surface area contributed by atoms with E-state index in [1.807, 2.05) is 41.8 Å². The largest absolute Gasteiger partial charge is 0.342 e. The summed E-state index contributed by atoms with van der Waals surface area (Å²) in [4.78, 5) is 33.1. The van der Waals surface area contributed by atoms with Gasteiger partial charge in [0, 0.05) is 26.7 Å². The van der Waals surface area contributed by atoms with E-state index in [4.69, 9.17) is 4.98 Å². The summed E-state index contributed by atoms with van der Waals surface area (Å²) in [7, 11) is 1.69. The Morgan fingerprint density at radius 2 is 1.70 bits per heavy atom. The van der Waals surface area contributed by atoms with Crippen molar-refractivity contribution < 1.29 is 0 Å². The van der Waals surface area contributed by atoms with Gasteiger partial charge >= 0.3 is 5.69 Å². The molecule has 0 unspecified atom stereocenters. The minimum Gasteiger partial charge on any atom is -0.342 e. The van der Waals surface area contributed by atoms with E-state index < -0.39 is 0 Å². The predicted molar refractivity (Wildman–Crippen MR) is 107 cm³/mol. The van der Waals surface area contributed by atoms with Crippen LogP contribution < -0.4 is 16.1 Å². The van der Waals surface area contributed by atoms with Crippen molar-refractivity contribution in [3.8, 4) is 0 Å². The molecule has 0 N–H and O–H groups in total. The first kappa shape index (κ1) is 17.6.